The van der Waals surface area contributed by atoms with Crippen molar-refractivity contribution in [3.05, 3.63) is 70.3 Å². The zero-order chi connectivity index (χ0) is 19.4. The van der Waals surface area contributed by atoms with Crippen LogP contribution in [0.15, 0.2) is 68.1 Å². The maximum Gasteiger partial charge on any atom is 0.362 e. The molecule has 0 saturated carbocycles. The summed E-state index contributed by atoms with van der Waals surface area (Å²) in [5, 5.41) is 19.8. The molecule has 6 nitrogen and oxygen atoms in total. The van der Waals surface area contributed by atoms with Gasteiger partial charge in [-0.15, -0.1) is 0 Å². The monoisotopic (exact) mass is 369 g/mol. The Morgan fingerprint density at radius 3 is 2.67 bits per heavy atom. The Kier molecular flexibility index (Phi) is 5.49. The minimum Gasteiger partial charge on any atom is -0.508 e. The molecule has 0 fully saturated rings. The number of hydrogen-bond donors (Lipinski definition) is 1. The first-order valence-corrected chi connectivity index (χ1v) is 8.81. The van der Waals surface area contributed by atoms with Crippen molar-refractivity contribution in [2.24, 2.45) is 10.3 Å². The fourth-order valence-corrected chi connectivity index (χ4v) is 2.87. The average Bonchev–Trinajstić information content (AvgIpc) is 2.69. The van der Waals surface area contributed by atoms with Crippen LogP contribution in [0, 0.1) is 5.82 Å². The lowest BCUT2D eigenvalue weighted by atomic mass is 10.0. The Balaban J connectivity index is 0.00000102. The third-order valence-corrected chi connectivity index (χ3v) is 4.16. The summed E-state index contributed by atoms with van der Waals surface area (Å²) in [4.78, 5) is 12.2. The van der Waals surface area contributed by atoms with Gasteiger partial charge in [0.15, 0.2) is 0 Å². The Bertz CT molecular complexity index is 1030. The van der Waals surface area contributed by atoms with Gasteiger partial charge in [-0.25, -0.2) is 14.2 Å². The highest BCUT2D eigenvalue weighted by Gasteiger charge is 2.23. The second-order valence-electron chi connectivity index (χ2n) is 5.80. The van der Waals surface area contributed by atoms with Crippen molar-refractivity contribution in [3.63, 3.8) is 0 Å². The van der Waals surface area contributed by atoms with Crippen LogP contribution >= 0.6 is 0 Å². The lowest BCUT2D eigenvalue weighted by Crippen LogP contribution is -2.27. The number of rotatable bonds is 2. The molecule has 1 aromatic heterocycles. The minimum absolute atomic E-state index is 0.0220. The second-order valence-corrected chi connectivity index (χ2v) is 5.80. The van der Waals surface area contributed by atoms with Crippen LogP contribution < -0.4 is 10.6 Å². The van der Waals surface area contributed by atoms with Gasteiger partial charge in [-0.05, 0) is 30.7 Å². The summed E-state index contributed by atoms with van der Waals surface area (Å²) < 4.78 is 19.1. The van der Waals surface area contributed by atoms with E-state index in [2.05, 4.69) is 10.3 Å². The highest BCUT2D eigenvalue weighted by atomic mass is 19.1. The molecule has 0 saturated heterocycles. The highest BCUT2D eigenvalue weighted by molar-refractivity contribution is 5.80. The number of aromatic hydroxyl groups is 1. The minimum atomic E-state index is -0.568. The van der Waals surface area contributed by atoms with E-state index in [-0.39, 0.29) is 23.3 Å². The lowest BCUT2D eigenvalue weighted by Gasteiger charge is -2.24. The molecule has 0 radical (unpaired) electrons. The molecule has 0 amide bonds. The maximum absolute atomic E-state index is 13.9. The second kappa shape index (κ2) is 7.99. The lowest BCUT2D eigenvalue weighted by molar-refractivity contribution is 0.472. The van der Waals surface area contributed by atoms with E-state index in [1.165, 1.54) is 23.2 Å². The van der Waals surface area contributed by atoms with Crippen LogP contribution in [0.2, 0.25) is 0 Å². The van der Waals surface area contributed by atoms with E-state index >= 15 is 0 Å². The molecule has 4 rings (SSSR count). The molecule has 2 aromatic carbocycles. The topological polar surface area (TPSA) is 78.4 Å². The molecule has 7 heteroatoms. The van der Waals surface area contributed by atoms with Crippen LogP contribution in [0.4, 0.5) is 10.1 Å². The summed E-state index contributed by atoms with van der Waals surface area (Å²) >= 11 is 0. The first-order chi connectivity index (χ1) is 13.1. The van der Waals surface area contributed by atoms with Crippen LogP contribution in [0.5, 0.6) is 5.75 Å². The third-order valence-electron chi connectivity index (χ3n) is 4.16. The van der Waals surface area contributed by atoms with Crippen molar-refractivity contribution in [1.29, 1.82) is 0 Å². The summed E-state index contributed by atoms with van der Waals surface area (Å²) in [6.45, 7) is 4.41. The van der Waals surface area contributed by atoms with Gasteiger partial charge >= 0.3 is 5.63 Å². The van der Waals surface area contributed by atoms with Gasteiger partial charge in [0.2, 0.25) is 0 Å². The van der Waals surface area contributed by atoms with E-state index in [0.29, 0.717) is 29.5 Å². The normalized spacial score (nSPS) is 16.1. The van der Waals surface area contributed by atoms with E-state index in [9.17, 15) is 14.3 Å². The Hall–Kier alpha value is -3.22. The van der Waals surface area contributed by atoms with Gasteiger partial charge < -0.3 is 9.52 Å². The molecule has 140 valence electrons. The van der Waals surface area contributed by atoms with Crippen molar-refractivity contribution in [2.75, 3.05) is 11.6 Å². The van der Waals surface area contributed by atoms with E-state index < -0.39 is 5.63 Å². The molecule has 1 aliphatic rings. The van der Waals surface area contributed by atoms with Gasteiger partial charge in [0, 0.05) is 23.6 Å². The summed E-state index contributed by atoms with van der Waals surface area (Å²) in [7, 11) is 0. The van der Waals surface area contributed by atoms with Gasteiger partial charge in [0.05, 0.1) is 0 Å². The SMILES string of the molecule is CC.O=c1oc2cc(O)ccc2cc1N1CCC(c2ccccc2F)N=N1. The van der Waals surface area contributed by atoms with E-state index in [1.807, 2.05) is 13.8 Å². The molecule has 0 aliphatic carbocycles. The van der Waals surface area contributed by atoms with Crippen molar-refractivity contribution >= 4 is 16.7 Å². The van der Waals surface area contributed by atoms with Crippen molar-refractivity contribution in [1.82, 2.24) is 0 Å². The van der Waals surface area contributed by atoms with Crippen LogP contribution in [0.1, 0.15) is 31.9 Å². The molecular weight excluding hydrogens is 349 g/mol. The molecule has 0 spiro atoms. The predicted molar refractivity (Wildman–Crippen MR) is 101 cm³/mol. The standard InChI is InChI=1S/C18H14FN3O3.C2H6/c19-14-4-2-1-3-13(14)15-7-8-22(21-20-15)16-9-11-5-6-12(23)10-17(11)25-18(16)24;1-2/h1-6,9-10,15,23H,7-8H2;1-2H3. The number of hydrogen-bond acceptors (Lipinski definition) is 6. The largest absolute Gasteiger partial charge is 0.508 e. The van der Waals surface area contributed by atoms with Crippen molar-refractivity contribution in [2.45, 2.75) is 26.3 Å². The molecule has 1 atom stereocenters. The van der Waals surface area contributed by atoms with Gasteiger partial charge in [0.1, 0.15) is 28.9 Å². The zero-order valence-electron chi connectivity index (χ0n) is 15.1. The highest BCUT2D eigenvalue weighted by Crippen LogP contribution is 2.30. The molecule has 1 unspecified atom stereocenters. The van der Waals surface area contributed by atoms with Crippen LogP contribution in [0.25, 0.3) is 11.0 Å². The molecular formula is C20H20FN3O3. The summed E-state index contributed by atoms with van der Waals surface area (Å²) in [6.07, 6.45) is 0.525. The van der Waals surface area contributed by atoms with Crippen molar-refractivity contribution in [3.8, 4) is 5.75 Å². The maximum atomic E-state index is 13.9. The van der Waals surface area contributed by atoms with Gasteiger partial charge in [-0.1, -0.05) is 37.3 Å². The van der Waals surface area contributed by atoms with E-state index in [1.54, 1.807) is 30.3 Å². The number of benzene rings is 2. The van der Waals surface area contributed by atoms with E-state index in [0.717, 1.165) is 0 Å². The zero-order valence-corrected chi connectivity index (χ0v) is 15.1. The Morgan fingerprint density at radius 1 is 1.19 bits per heavy atom. The summed E-state index contributed by atoms with van der Waals surface area (Å²) in [6, 6.07) is 12.3. The number of fused-ring (bicyclic) bond motifs is 1. The fourth-order valence-electron chi connectivity index (χ4n) is 2.87. The molecule has 1 N–H and O–H groups in total. The first kappa shape index (κ1) is 18.6. The quantitative estimate of drug-likeness (QED) is 0.646. The number of nitrogens with zero attached hydrogens (tertiary/aromatic N) is 3. The van der Waals surface area contributed by atoms with Gasteiger partial charge in [0.25, 0.3) is 0 Å². The molecule has 0 bridgehead atoms. The first-order valence-electron chi connectivity index (χ1n) is 8.81. The van der Waals surface area contributed by atoms with Gasteiger partial charge in [-0.3, -0.25) is 0 Å². The summed E-state index contributed by atoms with van der Waals surface area (Å²) in [5.41, 5.74) is 0.481. The number of anilines is 1. The van der Waals surface area contributed by atoms with Crippen LogP contribution in [-0.4, -0.2) is 11.7 Å². The number of phenols is 1. The Morgan fingerprint density at radius 2 is 1.96 bits per heavy atom. The fraction of sp³-hybridized carbons (Fsp3) is 0.250. The van der Waals surface area contributed by atoms with E-state index in [4.69, 9.17) is 4.42 Å². The average molecular weight is 369 g/mol. The van der Waals surface area contributed by atoms with Crippen LogP contribution in [-0.2, 0) is 0 Å². The van der Waals surface area contributed by atoms with Crippen LogP contribution in [0.3, 0.4) is 0 Å². The smallest absolute Gasteiger partial charge is 0.362 e. The Labute approximate surface area is 155 Å². The predicted octanol–water partition coefficient (Wildman–Crippen LogP) is 4.98. The molecule has 27 heavy (non-hydrogen) atoms. The molecule has 1 aliphatic heterocycles. The molecule has 3 aromatic rings. The number of phenolic OH excluding ortho intramolecular Hbond substituents is 1. The van der Waals surface area contributed by atoms with Gasteiger partial charge in [-0.2, -0.15) is 5.11 Å². The van der Waals surface area contributed by atoms with Crippen molar-refractivity contribution < 1.29 is 13.9 Å². The number of halogens is 1. The third kappa shape index (κ3) is 3.81. The molecule has 2 heterocycles. The summed E-state index contributed by atoms with van der Waals surface area (Å²) in [5.74, 6) is -0.293.